The highest BCUT2D eigenvalue weighted by atomic mass is 16.7. The number of anilines is 1. The van der Waals surface area contributed by atoms with Gasteiger partial charge in [0.15, 0.2) is 23.0 Å². The van der Waals surface area contributed by atoms with Crippen LogP contribution in [0.4, 0.5) is 5.69 Å². The molecule has 0 atom stereocenters. The Morgan fingerprint density at radius 3 is 2.39 bits per heavy atom. The zero-order valence-electron chi connectivity index (χ0n) is 15.7. The summed E-state index contributed by atoms with van der Waals surface area (Å²) in [4.78, 5) is 12.7. The van der Waals surface area contributed by atoms with E-state index in [1.54, 1.807) is 18.2 Å². The zero-order valence-corrected chi connectivity index (χ0v) is 15.7. The second-order valence-corrected chi connectivity index (χ2v) is 7.50. The lowest BCUT2D eigenvalue weighted by atomic mass is 9.94. The van der Waals surface area contributed by atoms with Crippen LogP contribution in [0.25, 0.3) is 0 Å². The molecule has 2 aromatic rings. The van der Waals surface area contributed by atoms with Gasteiger partial charge in [-0.25, -0.2) is 0 Å². The van der Waals surface area contributed by atoms with Crippen LogP contribution in [0, 0.1) is 0 Å². The smallest absolute Gasteiger partial charge is 0.255 e. The van der Waals surface area contributed by atoms with Crippen LogP contribution in [0.3, 0.4) is 0 Å². The molecule has 0 aromatic heterocycles. The highest BCUT2D eigenvalue weighted by Gasteiger charge is 2.42. The van der Waals surface area contributed by atoms with E-state index in [1.165, 1.54) is 6.42 Å². The third-order valence-electron chi connectivity index (χ3n) is 5.42. The van der Waals surface area contributed by atoms with Gasteiger partial charge in [0.25, 0.3) is 11.7 Å². The van der Waals surface area contributed by atoms with E-state index in [9.17, 15) is 4.79 Å². The zero-order chi connectivity index (χ0) is 19.0. The summed E-state index contributed by atoms with van der Waals surface area (Å²) in [5.41, 5.74) is 1.19. The van der Waals surface area contributed by atoms with Crippen molar-refractivity contribution >= 4 is 11.6 Å². The lowest BCUT2D eigenvalue weighted by Crippen LogP contribution is -2.40. The van der Waals surface area contributed by atoms with Gasteiger partial charge in [-0.05, 0) is 43.2 Å². The number of fused-ring (bicyclic) bond motifs is 2. The Morgan fingerprint density at radius 1 is 0.786 bits per heavy atom. The molecule has 6 nitrogen and oxygen atoms in total. The molecule has 6 heteroatoms. The predicted octanol–water partition coefficient (Wildman–Crippen LogP) is 4.53. The molecule has 1 amide bonds. The predicted molar refractivity (Wildman–Crippen MR) is 104 cm³/mol. The topological polar surface area (TPSA) is 66.0 Å². The second kappa shape index (κ2) is 6.93. The van der Waals surface area contributed by atoms with E-state index in [4.69, 9.17) is 18.9 Å². The Balaban J connectivity index is 1.32. The van der Waals surface area contributed by atoms with Crippen LogP contribution < -0.4 is 24.3 Å². The third kappa shape index (κ3) is 3.23. The van der Waals surface area contributed by atoms with Crippen molar-refractivity contribution in [3.8, 4) is 23.0 Å². The van der Waals surface area contributed by atoms with Crippen molar-refractivity contribution < 1.29 is 23.7 Å². The van der Waals surface area contributed by atoms with Crippen LogP contribution in [0.5, 0.6) is 23.0 Å². The van der Waals surface area contributed by atoms with E-state index in [1.807, 2.05) is 18.2 Å². The lowest BCUT2D eigenvalue weighted by molar-refractivity contribution is -0.105. The van der Waals surface area contributed by atoms with Crippen molar-refractivity contribution in [2.24, 2.45) is 0 Å². The molecule has 5 rings (SSSR count). The third-order valence-corrected chi connectivity index (χ3v) is 5.42. The summed E-state index contributed by atoms with van der Waals surface area (Å²) in [7, 11) is 0. The second-order valence-electron chi connectivity index (χ2n) is 7.50. The summed E-state index contributed by atoms with van der Waals surface area (Å²) < 4.78 is 23.5. The number of hydrogen-bond donors (Lipinski definition) is 1. The molecule has 0 unspecified atom stereocenters. The van der Waals surface area contributed by atoms with E-state index in [-0.39, 0.29) is 5.91 Å². The Morgan fingerprint density at radius 2 is 1.54 bits per heavy atom. The SMILES string of the molecule is O=C(Nc1ccc2c(c1)OC1(CCCCC1)O2)c1ccc2c(c1)OCCCO2. The molecule has 1 N–H and O–H groups in total. The average Bonchev–Trinajstić information content (AvgIpc) is 2.88. The Bertz CT molecular complexity index is 904. The number of carbonyl (C=O) groups is 1. The molecular weight excluding hydrogens is 358 g/mol. The van der Waals surface area contributed by atoms with Crippen LogP contribution in [0.1, 0.15) is 48.9 Å². The van der Waals surface area contributed by atoms with Gasteiger partial charge in [0.2, 0.25) is 0 Å². The van der Waals surface area contributed by atoms with Gasteiger partial charge in [0.05, 0.1) is 13.2 Å². The molecule has 28 heavy (non-hydrogen) atoms. The minimum Gasteiger partial charge on any atom is -0.490 e. The van der Waals surface area contributed by atoms with E-state index in [2.05, 4.69) is 5.32 Å². The molecule has 3 aliphatic rings. The van der Waals surface area contributed by atoms with Gasteiger partial charge >= 0.3 is 0 Å². The highest BCUT2D eigenvalue weighted by molar-refractivity contribution is 6.04. The van der Waals surface area contributed by atoms with Crippen LogP contribution in [-0.2, 0) is 0 Å². The standard InChI is InChI=1S/C22H23NO5/c24-21(15-5-7-17-19(13-15)26-12-4-11-25-17)23-16-6-8-18-20(14-16)28-22(27-18)9-2-1-3-10-22/h5-8,13-14H,1-4,9-12H2,(H,23,24). The fraction of sp³-hybridized carbons (Fsp3) is 0.409. The summed E-state index contributed by atoms with van der Waals surface area (Å²) >= 11 is 0. The molecular formula is C22H23NO5. The molecule has 2 aliphatic heterocycles. The van der Waals surface area contributed by atoms with Crippen LogP contribution in [0.2, 0.25) is 0 Å². The minimum absolute atomic E-state index is 0.207. The molecule has 0 radical (unpaired) electrons. The van der Waals surface area contributed by atoms with Crippen molar-refractivity contribution in [1.29, 1.82) is 0 Å². The number of rotatable bonds is 2. The van der Waals surface area contributed by atoms with E-state index < -0.39 is 5.79 Å². The van der Waals surface area contributed by atoms with Gasteiger partial charge in [-0.1, -0.05) is 6.42 Å². The lowest BCUT2D eigenvalue weighted by Gasteiger charge is -2.31. The molecule has 1 fully saturated rings. The van der Waals surface area contributed by atoms with Gasteiger partial charge in [-0.15, -0.1) is 0 Å². The van der Waals surface area contributed by atoms with Gasteiger partial charge < -0.3 is 24.3 Å². The first-order valence-corrected chi connectivity index (χ1v) is 9.94. The first-order valence-electron chi connectivity index (χ1n) is 9.94. The summed E-state index contributed by atoms with van der Waals surface area (Å²) in [5.74, 6) is 2.00. The molecule has 1 saturated carbocycles. The maximum absolute atomic E-state index is 12.7. The number of ether oxygens (including phenoxy) is 4. The molecule has 0 saturated heterocycles. The van der Waals surface area contributed by atoms with Crippen molar-refractivity contribution in [1.82, 2.24) is 0 Å². The number of benzene rings is 2. The molecule has 2 aromatic carbocycles. The normalized spacial score (nSPS) is 19.1. The van der Waals surface area contributed by atoms with Crippen molar-refractivity contribution in [3.05, 3.63) is 42.0 Å². The largest absolute Gasteiger partial charge is 0.490 e. The van der Waals surface area contributed by atoms with Gasteiger partial charge in [-0.3, -0.25) is 4.79 Å². The highest BCUT2D eigenvalue weighted by Crippen LogP contribution is 2.46. The Hall–Kier alpha value is -2.89. The number of carbonyl (C=O) groups excluding carboxylic acids is 1. The summed E-state index contributed by atoms with van der Waals surface area (Å²) in [6, 6.07) is 10.8. The number of hydrogen-bond acceptors (Lipinski definition) is 5. The van der Waals surface area contributed by atoms with Gasteiger partial charge in [0, 0.05) is 36.6 Å². The van der Waals surface area contributed by atoms with Crippen LogP contribution in [0.15, 0.2) is 36.4 Å². The first-order chi connectivity index (χ1) is 13.7. The quantitative estimate of drug-likeness (QED) is 0.828. The number of amides is 1. The number of nitrogens with one attached hydrogen (secondary N) is 1. The summed E-state index contributed by atoms with van der Waals surface area (Å²) in [5, 5.41) is 2.93. The first kappa shape index (κ1) is 17.2. The van der Waals surface area contributed by atoms with Crippen molar-refractivity contribution in [3.63, 3.8) is 0 Å². The average molecular weight is 381 g/mol. The Labute approximate surface area is 163 Å². The summed E-state index contributed by atoms with van der Waals surface area (Å²) in [6.07, 6.45) is 6.08. The van der Waals surface area contributed by atoms with Gasteiger partial charge in [-0.2, -0.15) is 0 Å². The molecule has 1 aliphatic carbocycles. The molecule has 1 spiro atoms. The fourth-order valence-corrected chi connectivity index (χ4v) is 3.97. The minimum atomic E-state index is -0.516. The summed E-state index contributed by atoms with van der Waals surface area (Å²) in [6.45, 7) is 1.21. The van der Waals surface area contributed by atoms with Crippen molar-refractivity contribution in [2.75, 3.05) is 18.5 Å². The van der Waals surface area contributed by atoms with E-state index >= 15 is 0 Å². The Kier molecular flexibility index (Phi) is 4.26. The fourth-order valence-electron chi connectivity index (χ4n) is 3.97. The van der Waals surface area contributed by atoms with Crippen molar-refractivity contribution in [2.45, 2.75) is 44.3 Å². The maximum Gasteiger partial charge on any atom is 0.255 e. The molecule has 0 bridgehead atoms. The van der Waals surface area contributed by atoms with Crippen LogP contribution in [-0.4, -0.2) is 24.9 Å². The van der Waals surface area contributed by atoms with Crippen LogP contribution >= 0.6 is 0 Å². The van der Waals surface area contributed by atoms with E-state index in [0.29, 0.717) is 41.7 Å². The molecule has 146 valence electrons. The van der Waals surface area contributed by atoms with E-state index in [0.717, 1.165) is 37.9 Å². The maximum atomic E-state index is 12.7. The monoisotopic (exact) mass is 381 g/mol. The molecule has 2 heterocycles. The van der Waals surface area contributed by atoms with Gasteiger partial charge in [0.1, 0.15) is 0 Å².